The van der Waals surface area contributed by atoms with Crippen LogP contribution >= 0.6 is 0 Å². The fraction of sp³-hybridized carbons (Fsp3) is 0.600. The van der Waals surface area contributed by atoms with Crippen molar-refractivity contribution in [3.63, 3.8) is 0 Å². The van der Waals surface area contributed by atoms with E-state index in [1.54, 1.807) is 24.3 Å². The number of piperidine rings is 1. The van der Waals surface area contributed by atoms with E-state index in [0.717, 1.165) is 37.0 Å². The number of benzene rings is 1. The first-order valence-corrected chi connectivity index (χ1v) is 11.2. The maximum atomic E-state index is 12.9. The molecule has 1 aliphatic rings. The zero-order valence-corrected chi connectivity index (χ0v) is 17.4. The number of hydrazone groups is 1. The summed E-state index contributed by atoms with van der Waals surface area (Å²) in [5.41, 5.74) is 4.67. The van der Waals surface area contributed by atoms with Gasteiger partial charge in [0.2, 0.25) is 15.9 Å². The standard InChI is InChI=1S/C20H31N3O3S/c1-4-7-18(8-5-2)21-22-20(24)17-9-6-14-23(15-17)27(25,26)19-12-10-16(3)11-13-19/h10-13,17H,4-9,14-15H2,1-3H3,(H,22,24)/t17-/m1/s1. The van der Waals surface area contributed by atoms with E-state index in [-0.39, 0.29) is 23.3 Å². The van der Waals surface area contributed by atoms with Crippen molar-refractivity contribution in [3.05, 3.63) is 29.8 Å². The van der Waals surface area contributed by atoms with E-state index in [1.807, 2.05) is 6.92 Å². The number of hydrogen-bond donors (Lipinski definition) is 1. The van der Waals surface area contributed by atoms with Gasteiger partial charge >= 0.3 is 0 Å². The second kappa shape index (κ2) is 9.99. The molecule has 6 nitrogen and oxygen atoms in total. The van der Waals surface area contributed by atoms with Gasteiger partial charge in [-0.3, -0.25) is 4.79 Å². The highest BCUT2D eigenvalue weighted by Gasteiger charge is 2.33. The van der Waals surface area contributed by atoms with Crippen LogP contribution in [0.1, 0.15) is 57.9 Å². The number of hydrogen-bond acceptors (Lipinski definition) is 4. The fourth-order valence-electron chi connectivity index (χ4n) is 3.27. The van der Waals surface area contributed by atoms with Crippen LogP contribution in [-0.2, 0) is 14.8 Å². The van der Waals surface area contributed by atoms with Crippen LogP contribution in [0, 0.1) is 12.8 Å². The number of carbonyl (C=O) groups is 1. The quantitative estimate of drug-likeness (QED) is 0.542. The molecule has 0 aromatic heterocycles. The summed E-state index contributed by atoms with van der Waals surface area (Å²) in [6.07, 6.45) is 5.06. The Balaban J connectivity index is 2.05. The molecule has 27 heavy (non-hydrogen) atoms. The van der Waals surface area contributed by atoms with Crippen molar-refractivity contribution in [2.75, 3.05) is 13.1 Å². The van der Waals surface area contributed by atoms with Crippen LogP contribution in [0.3, 0.4) is 0 Å². The van der Waals surface area contributed by atoms with Gasteiger partial charge in [-0.1, -0.05) is 44.4 Å². The van der Waals surface area contributed by atoms with Crippen molar-refractivity contribution < 1.29 is 13.2 Å². The molecule has 1 fully saturated rings. The van der Waals surface area contributed by atoms with E-state index in [0.29, 0.717) is 19.4 Å². The maximum Gasteiger partial charge on any atom is 0.244 e. The Bertz CT molecular complexity index is 749. The van der Waals surface area contributed by atoms with Crippen molar-refractivity contribution in [1.82, 2.24) is 9.73 Å². The molecule has 0 saturated carbocycles. The molecule has 0 bridgehead atoms. The summed E-state index contributed by atoms with van der Waals surface area (Å²) in [5.74, 6) is -0.560. The number of nitrogens with zero attached hydrogens (tertiary/aromatic N) is 2. The number of aryl methyl sites for hydroxylation is 1. The molecule has 1 N–H and O–H groups in total. The third-order valence-corrected chi connectivity index (χ3v) is 6.69. The summed E-state index contributed by atoms with van der Waals surface area (Å²) in [5, 5.41) is 4.28. The van der Waals surface area contributed by atoms with Crippen LogP contribution in [0.4, 0.5) is 0 Å². The Morgan fingerprint density at radius 1 is 1.19 bits per heavy atom. The third kappa shape index (κ3) is 5.87. The minimum atomic E-state index is -3.58. The molecule has 1 heterocycles. The van der Waals surface area contributed by atoms with Crippen molar-refractivity contribution >= 4 is 21.6 Å². The lowest BCUT2D eigenvalue weighted by molar-refractivity contribution is -0.126. The molecule has 1 saturated heterocycles. The number of sulfonamides is 1. The number of nitrogens with one attached hydrogen (secondary N) is 1. The molecule has 1 aromatic carbocycles. The summed E-state index contributed by atoms with van der Waals surface area (Å²) in [4.78, 5) is 12.8. The second-order valence-electron chi connectivity index (χ2n) is 7.17. The average Bonchev–Trinajstić information content (AvgIpc) is 2.66. The summed E-state index contributed by atoms with van der Waals surface area (Å²) in [6, 6.07) is 6.83. The Labute approximate surface area is 163 Å². The van der Waals surface area contributed by atoms with Crippen molar-refractivity contribution in [2.45, 2.75) is 64.2 Å². The average molecular weight is 394 g/mol. The highest BCUT2D eigenvalue weighted by molar-refractivity contribution is 7.89. The summed E-state index contributed by atoms with van der Waals surface area (Å²) in [7, 11) is -3.58. The molecule has 1 aromatic rings. The zero-order chi connectivity index (χ0) is 19.9. The van der Waals surface area contributed by atoms with Crippen molar-refractivity contribution in [3.8, 4) is 0 Å². The lowest BCUT2D eigenvalue weighted by atomic mass is 9.99. The minimum Gasteiger partial charge on any atom is -0.273 e. The SMILES string of the molecule is CCCC(CCC)=NNC(=O)[C@@H]1CCCN(S(=O)(=O)c2ccc(C)cc2)C1. The van der Waals surface area contributed by atoms with Crippen molar-refractivity contribution in [2.24, 2.45) is 11.0 Å². The maximum absolute atomic E-state index is 12.9. The molecule has 1 aliphatic heterocycles. The molecule has 1 amide bonds. The summed E-state index contributed by atoms with van der Waals surface area (Å²) in [6.45, 7) is 6.74. The lowest BCUT2D eigenvalue weighted by Gasteiger charge is -2.30. The number of rotatable bonds is 8. The van der Waals surface area contributed by atoms with Gasteiger partial charge in [-0.05, 0) is 44.7 Å². The largest absolute Gasteiger partial charge is 0.273 e. The van der Waals surface area contributed by atoms with Gasteiger partial charge in [0.05, 0.1) is 10.8 Å². The van der Waals surface area contributed by atoms with Crippen LogP contribution in [-0.4, -0.2) is 37.4 Å². The molecule has 0 unspecified atom stereocenters. The molecule has 1 atom stereocenters. The molecule has 150 valence electrons. The second-order valence-corrected chi connectivity index (χ2v) is 9.11. The first-order chi connectivity index (χ1) is 12.9. The number of amides is 1. The fourth-order valence-corrected chi connectivity index (χ4v) is 4.80. The summed E-state index contributed by atoms with van der Waals surface area (Å²) >= 11 is 0. The highest BCUT2D eigenvalue weighted by atomic mass is 32.2. The molecule has 0 radical (unpaired) electrons. The van der Waals surface area contributed by atoms with E-state index >= 15 is 0 Å². The Hall–Kier alpha value is -1.73. The molecular weight excluding hydrogens is 362 g/mol. The van der Waals surface area contributed by atoms with Gasteiger partial charge in [0.1, 0.15) is 0 Å². The Morgan fingerprint density at radius 3 is 2.41 bits per heavy atom. The first-order valence-electron chi connectivity index (χ1n) is 9.80. The monoisotopic (exact) mass is 393 g/mol. The van der Waals surface area contributed by atoms with Crippen LogP contribution in [0.15, 0.2) is 34.3 Å². The van der Waals surface area contributed by atoms with E-state index in [1.165, 1.54) is 4.31 Å². The van der Waals surface area contributed by atoms with Gasteiger partial charge < -0.3 is 0 Å². The summed E-state index contributed by atoms with van der Waals surface area (Å²) < 4.78 is 27.2. The van der Waals surface area contributed by atoms with E-state index in [9.17, 15) is 13.2 Å². The van der Waals surface area contributed by atoms with Crippen molar-refractivity contribution in [1.29, 1.82) is 0 Å². The topological polar surface area (TPSA) is 78.8 Å². The van der Waals surface area contributed by atoms with Gasteiger partial charge in [-0.15, -0.1) is 0 Å². The minimum absolute atomic E-state index is 0.191. The van der Waals surface area contributed by atoms with Crippen LogP contribution in [0.25, 0.3) is 0 Å². The zero-order valence-electron chi connectivity index (χ0n) is 16.6. The van der Waals surface area contributed by atoms with Gasteiger partial charge in [0.15, 0.2) is 0 Å². The van der Waals surface area contributed by atoms with Gasteiger partial charge in [0, 0.05) is 18.8 Å². The van der Waals surface area contributed by atoms with Gasteiger partial charge in [0.25, 0.3) is 0 Å². The highest BCUT2D eigenvalue weighted by Crippen LogP contribution is 2.24. The molecule has 7 heteroatoms. The van der Waals surface area contributed by atoms with Gasteiger partial charge in [-0.25, -0.2) is 13.8 Å². The van der Waals surface area contributed by atoms with Crippen LogP contribution in [0.2, 0.25) is 0 Å². The van der Waals surface area contributed by atoms with E-state index in [2.05, 4.69) is 24.4 Å². The normalized spacial score (nSPS) is 18.1. The molecule has 2 rings (SSSR count). The van der Waals surface area contributed by atoms with E-state index < -0.39 is 10.0 Å². The number of carbonyl (C=O) groups excluding carboxylic acids is 1. The third-order valence-electron chi connectivity index (χ3n) is 4.82. The molecular formula is C20H31N3O3S. The predicted octanol–water partition coefficient (Wildman–Crippen LogP) is 3.47. The smallest absolute Gasteiger partial charge is 0.244 e. The first kappa shape index (κ1) is 21.6. The Morgan fingerprint density at radius 2 is 1.81 bits per heavy atom. The van der Waals surface area contributed by atoms with E-state index in [4.69, 9.17) is 0 Å². The molecule has 0 aliphatic carbocycles. The Kier molecular flexibility index (Phi) is 7.98. The van der Waals surface area contributed by atoms with Crippen LogP contribution < -0.4 is 5.43 Å². The molecule has 0 spiro atoms. The predicted molar refractivity (Wildman–Crippen MR) is 108 cm³/mol. The van der Waals surface area contributed by atoms with Crippen LogP contribution in [0.5, 0.6) is 0 Å². The lowest BCUT2D eigenvalue weighted by Crippen LogP contribution is -2.44. The van der Waals surface area contributed by atoms with Gasteiger partial charge in [-0.2, -0.15) is 9.41 Å².